The second-order valence-corrected chi connectivity index (χ2v) is 25.0. The fourth-order valence-corrected chi connectivity index (χ4v) is 12.1. The van der Waals surface area contributed by atoms with E-state index in [1.165, 1.54) is 140 Å². The Labute approximate surface area is 417 Å². The maximum absolute atomic E-state index is 15.3. The van der Waals surface area contributed by atoms with Gasteiger partial charge in [0.15, 0.2) is 0 Å². The Morgan fingerprint density at radius 1 is 0.559 bits per heavy atom. The van der Waals surface area contributed by atoms with Gasteiger partial charge in [-0.15, -0.1) is 0 Å². The number of unbranched alkanes of at least 4 members (excludes halogenated alkanes) is 15. The summed E-state index contributed by atoms with van der Waals surface area (Å²) in [6.45, 7) is 24.3. The zero-order valence-corrected chi connectivity index (χ0v) is 45.8. The number of rotatable bonds is 25. The third-order valence-corrected chi connectivity index (χ3v) is 16.4. The maximum Gasteiger partial charge on any atom is 0.314 e. The van der Waals surface area contributed by atoms with E-state index >= 15 is 4.79 Å². The van der Waals surface area contributed by atoms with Gasteiger partial charge in [0.25, 0.3) is 0 Å². The number of carbonyl (C=O) groups excluding carboxylic acids is 1. The quantitative estimate of drug-likeness (QED) is 0.0505. The van der Waals surface area contributed by atoms with Crippen LogP contribution in [0.4, 0.5) is 0 Å². The summed E-state index contributed by atoms with van der Waals surface area (Å²) in [6, 6.07) is 13.2. The van der Waals surface area contributed by atoms with E-state index in [2.05, 4.69) is 113 Å². The minimum Gasteiger partial charge on any atom is -0.507 e. The highest BCUT2D eigenvalue weighted by atomic mass is 16.5. The number of carbonyl (C=O) groups is 1. The number of aromatic hydroxyl groups is 2. The third kappa shape index (κ3) is 15.9. The smallest absolute Gasteiger partial charge is 0.314 e. The molecule has 2 aliphatic carbocycles. The molecule has 0 bridgehead atoms. The van der Waals surface area contributed by atoms with Gasteiger partial charge >= 0.3 is 5.97 Å². The van der Waals surface area contributed by atoms with Gasteiger partial charge in [-0.1, -0.05) is 251 Å². The summed E-state index contributed by atoms with van der Waals surface area (Å²) < 4.78 is 7.02. The predicted octanol–water partition coefficient (Wildman–Crippen LogP) is 18.8. The topological polar surface area (TPSA) is 66.8 Å². The van der Waals surface area contributed by atoms with E-state index in [0.29, 0.717) is 24.3 Å². The highest BCUT2D eigenvalue weighted by molar-refractivity contribution is 5.77. The number of hydrogen-bond donors (Lipinski definition) is 2. The molecule has 4 nitrogen and oxygen atoms in total. The number of hydrogen-bond acceptors (Lipinski definition) is 4. The molecule has 0 aromatic heterocycles. The summed E-state index contributed by atoms with van der Waals surface area (Å²) in [5.74, 6) is 1.04. The van der Waals surface area contributed by atoms with E-state index in [4.69, 9.17) is 4.74 Å². The highest BCUT2D eigenvalue weighted by Gasteiger charge is 2.37. The van der Waals surface area contributed by atoms with Crippen LogP contribution in [0.3, 0.4) is 0 Å². The van der Waals surface area contributed by atoms with Gasteiger partial charge in [0.1, 0.15) is 17.2 Å². The van der Waals surface area contributed by atoms with E-state index in [9.17, 15) is 10.2 Å². The van der Waals surface area contributed by atoms with Gasteiger partial charge in [0.05, 0.1) is 5.92 Å². The summed E-state index contributed by atoms with van der Waals surface area (Å²) in [5, 5.41) is 23.8. The Bertz CT molecular complexity index is 1990. The Kier molecular flexibility index (Phi) is 21.1. The Morgan fingerprint density at radius 3 is 1.43 bits per heavy atom. The van der Waals surface area contributed by atoms with Gasteiger partial charge in [0, 0.05) is 17.5 Å². The van der Waals surface area contributed by atoms with Crippen LogP contribution >= 0.6 is 0 Å². The van der Waals surface area contributed by atoms with Crippen LogP contribution in [-0.2, 0) is 39.3 Å². The van der Waals surface area contributed by atoms with Crippen LogP contribution in [0.5, 0.6) is 17.2 Å². The molecule has 380 valence electrons. The van der Waals surface area contributed by atoms with Gasteiger partial charge in [-0.2, -0.15) is 0 Å². The maximum atomic E-state index is 15.3. The molecule has 2 saturated carbocycles. The predicted molar refractivity (Wildman–Crippen MR) is 290 cm³/mol. The zero-order valence-electron chi connectivity index (χ0n) is 45.8. The molecule has 4 heteroatoms. The van der Waals surface area contributed by atoms with Gasteiger partial charge in [-0.3, -0.25) is 4.79 Å². The molecule has 3 aromatic carbocycles. The normalized spacial score (nSPS) is 16.8. The standard InChI is InChI=1S/C64H100O4/c1-12-13-14-15-16-17-18-19-20-21-22-23-24-25-26-29-34-50(43-49-44-53(61(4,5)6)58(66)54(45-49)62(7,8)9)60(67)68-59-52(40-48(3)42-56(59)64(11)37-32-28-33-38-64)46-51-39-47(2)41-55(57(51)65)63(10)35-30-27-31-36-63/h39-42,44-45,50,65-66H,12-38,43,46H2,1-11H3. The van der Waals surface area contributed by atoms with Crippen LogP contribution in [0.15, 0.2) is 36.4 Å². The Hall–Kier alpha value is -3.27. The first-order valence-corrected chi connectivity index (χ1v) is 28.3. The SMILES string of the molecule is CCCCCCCCCCCCCCCCCCC(Cc1cc(C(C)(C)C)c(O)c(C(C)(C)C)c1)C(=O)Oc1c(Cc2cc(C)cc(C3(C)CCCCC3)c2O)cc(C)cc1C1(C)CCCCC1. The van der Waals surface area contributed by atoms with Gasteiger partial charge < -0.3 is 14.9 Å². The third-order valence-electron chi connectivity index (χ3n) is 16.4. The van der Waals surface area contributed by atoms with Crippen molar-refractivity contribution in [2.45, 2.75) is 284 Å². The lowest BCUT2D eigenvalue weighted by atomic mass is 9.69. The molecule has 0 heterocycles. The van der Waals surface area contributed by atoms with Crippen molar-refractivity contribution in [1.29, 1.82) is 0 Å². The number of ether oxygens (including phenoxy) is 1. The van der Waals surface area contributed by atoms with Crippen molar-refractivity contribution in [3.63, 3.8) is 0 Å². The molecule has 0 aliphatic heterocycles. The Morgan fingerprint density at radius 2 is 0.971 bits per heavy atom. The van der Waals surface area contributed by atoms with Crippen LogP contribution in [0.2, 0.25) is 0 Å². The number of benzene rings is 3. The average molecular weight is 933 g/mol. The summed E-state index contributed by atoms with van der Waals surface area (Å²) in [7, 11) is 0. The largest absolute Gasteiger partial charge is 0.507 e. The van der Waals surface area contributed by atoms with Crippen LogP contribution in [0, 0.1) is 19.8 Å². The van der Waals surface area contributed by atoms with E-state index in [1.807, 2.05) is 0 Å². The summed E-state index contributed by atoms with van der Waals surface area (Å²) in [6.07, 6.45) is 34.5. The molecule has 0 saturated heterocycles. The van der Waals surface area contributed by atoms with Gasteiger partial charge in [-0.05, 0) is 102 Å². The fourth-order valence-electron chi connectivity index (χ4n) is 12.1. The second-order valence-electron chi connectivity index (χ2n) is 25.0. The minimum atomic E-state index is -0.335. The molecule has 2 aliphatic rings. The molecular weight excluding hydrogens is 833 g/mol. The first-order valence-electron chi connectivity index (χ1n) is 28.3. The lowest BCUT2D eigenvalue weighted by molar-refractivity contribution is -0.139. The van der Waals surface area contributed by atoms with E-state index in [0.717, 1.165) is 89.6 Å². The average Bonchev–Trinajstić information content (AvgIpc) is 3.27. The highest BCUT2D eigenvalue weighted by Crippen LogP contribution is 2.48. The molecule has 0 amide bonds. The minimum absolute atomic E-state index is 0.0421. The Balaban J connectivity index is 1.40. The molecule has 5 rings (SSSR count). The van der Waals surface area contributed by atoms with Gasteiger partial charge in [0.2, 0.25) is 0 Å². The van der Waals surface area contributed by atoms with Crippen molar-refractivity contribution in [2.75, 3.05) is 0 Å². The number of aryl methyl sites for hydroxylation is 2. The van der Waals surface area contributed by atoms with Crippen molar-refractivity contribution in [2.24, 2.45) is 5.92 Å². The zero-order chi connectivity index (χ0) is 49.5. The first-order chi connectivity index (χ1) is 32.3. The van der Waals surface area contributed by atoms with Crippen LogP contribution in [0.1, 0.15) is 286 Å². The van der Waals surface area contributed by atoms with E-state index in [-0.39, 0.29) is 33.5 Å². The summed E-state index contributed by atoms with van der Waals surface area (Å²) in [4.78, 5) is 15.3. The van der Waals surface area contributed by atoms with Crippen LogP contribution < -0.4 is 4.74 Å². The van der Waals surface area contributed by atoms with Crippen molar-refractivity contribution in [1.82, 2.24) is 0 Å². The molecule has 2 N–H and O–H groups in total. The molecule has 68 heavy (non-hydrogen) atoms. The van der Waals surface area contributed by atoms with Crippen molar-refractivity contribution < 1.29 is 19.7 Å². The number of esters is 1. The molecular formula is C64H100O4. The number of phenols is 2. The molecule has 0 spiro atoms. The monoisotopic (exact) mass is 933 g/mol. The van der Waals surface area contributed by atoms with Gasteiger partial charge in [-0.25, -0.2) is 0 Å². The molecule has 1 unspecified atom stereocenters. The van der Waals surface area contributed by atoms with E-state index < -0.39 is 0 Å². The lowest BCUT2D eigenvalue weighted by Gasteiger charge is -2.36. The first kappa shape index (κ1) is 55.7. The molecule has 0 radical (unpaired) electrons. The lowest BCUT2D eigenvalue weighted by Crippen LogP contribution is -2.29. The summed E-state index contributed by atoms with van der Waals surface area (Å²) >= 11 is 0. The second kappa shape index (κ2) is 25.7. The van der Waals surface area contributed by atoms with Crippen LogP contribution in [-0.4, -0.2) is 16.2 Å². The van der Waals surface area contributed by atoms with E-state index in [1.54, 1.807) is 0 Å². The fraction of sp³-hybridized carbons (Fsp3) is 0.703. The molecule has 1 atom stereocenters. The molecule has 3 aromatic rings. The molecule has 2 fully saturated rings. The van der Waals surface area contributed by atoms with Crippen molar-refractivity contribution in [3.8, 4) is 17.2 Å². The van der Waals surface area contributed by atoms with Crippen molar-refractivity contribution >= 4 is 5.97 Å². The van der Waals surface area contributed by atoms with Crippen molar-refractivity contribution in [3.05, 3.63) is 86.5 Å². The van der Waals surface area contributed by atoms with Crippen LogP contribution in [0.25, 0.3) is 0 Å². The number of phenolic OH excluding ortho intramolecular Hbond substituents is 2. The summed E-state index contributed by atoms with van der Waals surface area (Å²) in [5.41, 5.74) is 8.78.